The van der Waals surface area contributed by atoms with E-state index < -0.39 is 0 Å². The lowest BCUT2D eigenvalue weighted by molar-refractivity contribution is 0.00578. The predicted octanol–water partition coefficient (Wildman–Crippen LogP) is 4.15. The maximum absolute atomic E-state index is 6.39. The topological polar surface area (TPSA) is 21.7 Å². The van der Waals surface area contributed by atoms with Gasteiger partial charge in [0.05, 0.1) is 11.2 Å². The lowest BCUT2D eigenvalue weighted by Gasteiger charge is -2.48. The van der Waals surface area contributed by atoms with Gasteiger partial charge in [-0.05, 0) is 68.0 Å². The van der Waals surface area contributed by atoms with Crippen molar-refractivity contribution in [2.45, 2.75) is 90.3 Å². The van der Waals surface area contributed by atoms with E-state index in [2.05, 4.69) is 72.4 Å². The molecule has 0 N–H and O–H groups in total. The number of nitrogens with zero attached hydrogens (tertiary/aromatic N) is 1. The highest BCUT2D eigenvalue weighted by Gasteiger charge is 2.52. The molecule has 0 aromatic heterocycles. The fourth-order valence-electron chi connectivity index (χ4n) is 4.58. The molecule has 1 aromatic rings. The Bertz CT molecular complexity index is 694. The summed E-state index contributed by atoms with van der Waals surface area (Å²) in [6.07, 6.45) is 2.40. The normalized spacial score (nSPS) is 27.4. The number of anilines is 1. The number of hydrogen-bond donors (Lipinski definition) is 0. The van der Waals surface area contributed by atoms with Gasteiger partial charge in [0, 0.05) is 18.8 Å². The highest BCUT2D eigenvalue weighted by atomic mass is 16.7. The Morgan fingerprint density at radius 1 is 0.769 bits per heavy atom. The van der Waals surface area contributed by atoms with E-state index in [1.807, 2.05) is 0 Å². The zero-order valence-electron chi connectivity index (χ0n) is 17.8. The Labute approximate surface area is 159 Å². The molecule has 1 saturated heterocycles. The number of hydrogen-bond acceptors (Lipinski definition) is 3. The van der Waals surface area contributed by atoms with Gasteiger partial charge in [0.2, 0.25) is 0 Å². The molecular weight excluding hydrogens is 321 g/mol. The first-order chi connectivity index (χ1) is 11.8. The molecule has 0 atom stereocenters. The van der Waals surface area contributed by atoms with Gasteiger partial charge in [0.15, 0.2) is 0 Å². The Morgan fingerprint density at radius 2 is 1.19 bits per heavy atom. The predicted molar refractivity (Wildman–Crippen MR) is 110 cm³/mol. The smallest absolute Gasteiger partial charge is 0.399 e. The summed E-state index contributed by atoms with van der Waals surface area (Å²) in [6.45, 7) is 20.4. The van der Waals surface area contributed by atoms with Crippen LogP contribution >= 0.6 is 0 Å². The van der Waals surface area contributed by atoms with Crippen LogP contribution in [0.4, 0.5) is 5.69 Å². The van der Waals surface area contributed by atoms with E-state index in [1.54, 1.807) is 0 Å². The molecule has 0 bridgehead atoms. The molecule has 3 heterocycles. The summed E-state index contributed by atoms with van der Waals surface area (Å²) < 4.78 is 12.8. The quantitative estimate of drug-likeness (QED) is 0.707. The number of benzene rings is 1. The largest absolute Gasteiger partial charge is 0.494 e. The maximum Gasteiger partial charge on any atom is 0.494 e. The van der Waals surface area contributed by atoms with Crippen LogP contribution in [0.5, 0.6) is 0 Å². The lowest BCUT2D eigenvalue weighted by atomic mass is 9.65. The SMILES string of the molecule is CC1(C)CCN2CCC(C)(C)c3cc(B4OC(C)(C)C(C)(C)O4)cc1c32. The molecule has 142 valence electrons. The first-order valence-electron chi connectivity index (χ1n) is 10.1. The molecule has 0 saturated carbocycles. The Kier molecular flexibility index (Phi) is 3.74. The summed E-state index contributed by atoms with van der Waals surface area (Å²) >= 11 is 0. The molecule has 0 aliphatic carbocycles. The fourth-order valence-corrected chi connectivity index (χ4v) is 4.58. The van der Waals surface area contributed by atoms with Crippen molar-refractivity contribution < 1.29 is 9.31 Å². The van der Waals surface area contributed by atoms with E-state index in [-0.39, 0.29) is 29.2 Å². The minimum Gasteiger partial charge on any atom is -0.399 e. The standard InChI is InChI=1S/C22H34BNO2/c1-19(2)9-11-24-12-10-20(3,4)17-14-15(13-16(19)18(17)24)23-25-21(5,6)22(7,8)26-23/h13-14H,9-12H2,1-8H3. The fraction of sp³-hybridized carbons (Fsp3) is 0.727. The zero-order chi connectivity index (χ0) is 19.1. The average Bonchev–Trinajstić information content (AvgIpc) is 2.73. The van der Waals surface area contributed by atoms with Crippen molar-refractivity contribution in [3.8, 4) is 0 Å². The summed E-state index contributed by atoms with van der Waals surface area (Å²) in [4.78, 5) is 2.61. The van der Waals surface area contributed by atoms with Gasteiger partial charge in [-0.2, -0.15) is 0 Å². The number of rotatable bonds is 1. The Hall–Kier alpha value is -0.995. The summed E-state index contributed by atoms with van der Waals surface area (Å²) in [5.41, 5.74) is 5.38. The van der Waals surface area contributed by atoms with Crippen molar-refractivity contribution in [3.05, 3.63) is 23.3 Å². The molecule has 3 aliphatic rings. The van der Waals surface area contributed by atoms with Crippen molar-refractivity contribution in [1.29, 1.82) is 0 Å². The van der Waals surface area contributed by atoms with Gasteiger partial charge in [-0.15, -0.1) is 0 Å². The van der Waals surface area contributed by atoms with Crippen LogP contribution in [0.25, 0.3) is 0 Å². The molecule has 4 heteroatoms. The third-order valence-electron chi connectivity index (χ3n) is 7.45. The van der Waals surface area contributed by atoms with Crippen LogP contribution in [0.1, 0.15) is 79.4 Å². The van der Waals surface area contributed by atoms with E-state index in [4.69, 9.17) is 9.31 Å². The molecule has 3 nitrogen and oxygen atoms in total. The molecule has 0 amide bonds. The monoisotopic (exact) mass is 355 g/mol. The lowest BCUT2D eigenvalue weighted by Crippen LogP contribution is -2.47. The second-order valence-electron chi connectivity index (χ2n) is 10.8. The van der Waals surface area contributed by atoms with Gasteiger partial charge in [-0.25, -0.2) is 0 Å². The zero-order valence-corrected chi connectivity index (χ0v) is 17.8. The van der Waals surface area contributed by atoms with Crippen LogP contribution in [-0.4, -0.2) is 31.4 Å². The van der Waals surface area contributed by atoms with Gasteiger partial charge in [0.25, 0.3) is 0 Å². The summed E-state index contributed by atoms with van der Waals surface area (Å²) in [5.74, 6) is 0. The van der Waals surface area contributed by atoms with Gasteiger partial charge in [-0.1, -0.05) is 39.8 Å². The Morgan fingerprint density at radius 3 is 1.62 bits per heavy atom. The third kappa shape index (κ3) is 2.56. The summed E-state index contributed by atoms with van der Waals surface area (Å²) in [6, 6.07) is 4.74. The second kappa shape index (κ2) is 5.29. The molecule has 3 aliphatic heterocycles. The van der Waals surface area contributed by atoms with Gasteiger partial charge >= 0.3 is 7.12 Å². The molecule has 0 spiro atoms. The first kappa shape index (κ1) is 18.4. The first-order valence-corrected chi connectivity index (χ1v) is 10.1. The summed E-state index contributed by atoms with van der Waals surface area (Å²) in [7, 11) is -0.287. The van der Waals surface area contributed by atoms with Crippen LogP contribution in [-0.2, 0) is 20.1 Å². The van der Waals surface area contributed by atoms with Gasteiger partial charge in [0.1, 0.15) is 0 Å². The molecular formula is C22H34BNO2. The van der Waals surface area contributed by atoms with Crippen molar-refractivity contribution in [2.24, 2.45) is 0 Å². The van der Waals surface area contributed by atoms with E-state index in [9.17, 15) is 0 Å². The van der Waals surface area contributed by atoms with Gasteiger partial charge < -0.3 is 14.2 Å². The molecule has 0 unspecified atom stereocenters. The van der Waals surface area contributed by atoms with Crippen LogP contribution in [0.3, 0.4) is 0 Å². The molecule has 1 fully saturated rings. The van der Waals surface area contributed by atoms with E-state index in [1.165, 1.54) is 48.2 Å². The molecule has 1 aromatic carbocycles. The van der Waals surface area contributed by atoms with E-state index >= 15 is 0 Å². The molecule has 26 heavy (non-hydrogen) atoms. The highest BCUT2D eigenvalue weighted by Crippen LogP contribution is 2.48. The van der Waals surface area contributed by atoms with Crippen LogP contribution in [0, 0.1) is 0 Å². The highest BCUT2D eigenvalue weighted by molar-refractivity contribution is 6.62. The molecule has 4 rings (SSSR count). The van der Waals surface area contributed by atoms with Crippen molar-refractivity contribution in [3.63, 3.8) is 0 Å². The van der Waals surface area contributed by atoms with Crippen molar-refractivity contribution in [2.75, 3.05) is 18.0 Å². The molecule has 0 radical (unpaired) electrons. The third-order valence-corrected chi connectivity index (χ3v) is 7.45. The van der Waals surface area contributed by atoms with Crippen molar-refractivity contribution >= 4 is 18.3 Å². The second-order valence-corrected chi connectivity index (χ2v) is 10.8. The van der Waals surface area contributed by atoms with Crippen LogP contribution in [0.15, 0.2) is 12.1 Å². The average molecular weight is 355 g/mol. The van der Waals surface area contributed by atoms with Gasteiger partial charge in [-0.3, -0.25) is 0 Å². The van der Waals surface area contributed by atoms with Crippen LogP contribution < -0.4 is 10.4 Å². The summed E-state index contributed by atoms with van der Waals surface area (Å²) in [5, 5.41) is 0. The van der Waals surface area contributed by atoms with Crippen LogP contribution in [0.2, 0.25) is 0 Å². The maximum atomic E-state index is 6.39. The van der Waals surface area contributed by atoms with E-state index in [0.717, 1.165) is 0 Å². The minimum atomic E-state index is -0.304. The minimum absolute atomic E-state index is 0.188. The Balaban J connectivity index is 1.87. The van der Waals surface area contributed by atoms with E-state index in [0.29, 0.717) is 0 Å². The van der Waals surface area contributed by atoms with Crippen molar-refractivity contribution in [1.82, 2.24) is 0 Å².